The van der Waals surface area contributed by atoms with Crippen LogP contribution in [-0.4, -0.2) is 48.1 Å². The molecule has 1 aromatic heterocycles. The van der Waals surface area contributed by atoms with Gasteiger partial charge in [-0.25, -0.2) is 4.98 Å². The highest BCUT2D eigenvalue weighted by atomic mass is 16.1. The quantitative estimate of drug-likeness (QED) is 0.869. The Hall–Kier alpha value is -1.36. The van der Waals surface area contributed by atoms with Crippen LogP contribution in [0, 0.1) is 0 Å². The molecule has 1 saturated carbocycles. The zero-order chi connectivity index (χ0) is 13.2. The fraction of sp³-hybridized carbons (Fsp3) is 0.714. The van der Waals surface area contributed by atoms with Crippen molar-refractivity contribution in [2.45, 2.75) is 31.6 Å². The summed E-state index contributed by atoms with van der Waals surface area (Å²) in [5.41, 5.74) is 0.987. The van der Waals surface area contributed by atoms with Crippen molar-refractivity contribution in [3.05, 3.63) is 22.1 Å². The number of hydrogen-bond donors (Lipinski definition) is 1. The van der Waals surface area contributed by atoms with Crippen LogP contribution in [0.3, 0.4) is 0 Å². The number of piperazine rings is 1. The molecule has 1 aromatic rings. The van der Waals surface area contributed by atoms with E-state index in [0.717, 1.165) is 37.8 Å². The largest absolute Gasteiger partial charge is 0.340 e. The van der Waals surface area contributed by atoms with Crippen molar-refractivity contribution >= 4 is 5.95 Å². The SMILES string of the molecule is CN1CCN(c2nc(C3CCCC3)cc(=O)[nH]2)CC1. The summed E-state index contributed by atoms with van der Waals surface area (Å²) in [6.45, 7) is 3.93. The zero-order valence-corrected chi connectivity index (χ0v) is 11.6. The second-order valence-corrected chi connectivity index (χ2v) is 5.77. The standard InChI is InChI=1S/C14H22N4O/c1-17-6-8-18(9-7-17)14-15-12(10-13(19)16-14)11-4-2-3-5-11/h10-11H,2-9H2,1H3,(H,15,16,19). The van der Waals surface area contributed by atoms with Gasteiger partial charge in [-0.2, -0.15) is 0 Å². The maximum atomic E-state index is 11.8. The van der Waals surface area contributed by atoms with Crippen LogP contribution < -0.4 is 10.5 Å². The van der Waals surface area contributed by atoms with Gasteiger partial charge in [0.1, 0.15) is 0 Å². The number of H-pyrrole nitrogens is 1. The number of hydrogen-bond acceptors (Lipinski definition) is 4. The van der Waals surface area contributed by atoms with Crippen molar-refractivity contribution in [3.8, 4) is 0 Å². The number of rotatable bonds is 2. The number of likely N-dealkylation sites (N-methyl/N-ethyl adjacent to an activating group) is 1. The lowest BCUT2D eigenvalue weighted by molar-refractivity contribution is 0.311. The van der Waals surface area contributed by atoms with Crippen molar-refractivity contribution < 1.29 is 0 Å². The van der Waals surface area contributed by atoms with Crippen molar-refractivity contribution in [2.24, 2.45) is 0 Å². The van der Waals surface area contributed by atoms with E-state index in [1.54, 1.807) is 6.07 Å². The molecule has 0 unspecified atom stereocenters. The maximum Gasteiger partial charge on any atom is 0.252 e. The summed E-state index contributed by atoms with van der Waals surface area (Å²) in [7, 11) is 2.13. The Morgan fingerprint density at radius 3 is 2.58 bits per heavy atom. The highest BCUT2D eigenvalue weighted by Crippen LogP contribution is 2.32. The first-order chi connectivity index (χ1) is 9.22. The number of aromatic amines is 1. The van der Waals surface area contributed by atoms with E-state index >= 15 is 0 Å². The third kappa shape index (κ3) is 2.81. The zero-order valence-electron chi connectivity index (χ0n) is 11.6. The van der Waals surface area contributed by atoms with E-state index in [0.29, 0.717) is 5.92 Å². The van der Waals surface area contributed by atoms with Gasteiger partial charge in [0.05, 0.1) is 5.69 Å². The first kappa shape index (κ1) is 12.7. The van der Waals surface area contributed by atoms with Gasteiger partial charge in [0.2, 0.25) is 5.95 Å². The van der Waals surface area contributed by atoms with E-state index in [1.807, 2.05) is 0 Å². The van der Waals surface area contributed by atoms with Crippen molar-refractivity contribution in [1.82, 2.24) is 14.9 Å². The fourth-order valence-corrected chi connectivity index (χ4v) is 3.06. The average Bonchev–Trinajstić information content (AvgIpc) is 2.93. The minimum Gasteiger partial charge on any atom is -0.340 e. The molecule has 0 spiro atoms. The number of anilines is 1. The summed E-state index contributed by atoms with van der Waals surface area (Å²) in [4.78, 5) is 24.0. The minimum absolute atomic E-state index is 0.00849. The van der Waals surface area contributed by atoms with Crippen LogP contribution in [0.5, 0.6) is 0 Å². The molecule has 2 heterocycles. The van der Waals surface area contributed by atoms with Gasteiger partial charge >= 0.3 is 0 Å². The topological polar surface area (TPSA) is 52.2 Å². The Kier molecular flexibility index (Phi) is 3.55. The second-order valence-electron chi connectivity index (χ2n) is 5.77. The van der Waals surface area contributed by atoms with E-state index in [4.69, 9.17) is 4.98 Å². The summed E-state index contributed by atoms with van der Waals surface area (Å²) >= 11 is 0. The van der Waals surface area contributed by atoms with Gasteiger partial charge in [0.15, 0.2) is 0 Å². The van der Waals surface area contributed by atoms with E-state index in [1.165, 1.54) is 25.7 Å². The van der Waals surface area contributed by atoms with E-state index in [2.05, 4.69) is 21.8 Å². The Balaban J connectivity index is 1.83. The molecule has 2 fully saturated rings. The molecule has 1 aliphatic carbocycles. The van der Waals surface area contributed by atoms with Crippen LogP contribution in [0.15, 0.2) is 10.9 Å². The van der Waals surface area contributed by atoms with Gasteiger partial charge in [-0.3, -0.25) is 9.78 Å². The molecule has 104 valence electrons. The van der Waals surface area contributed by atoms with Crippen LogP contribution in [0.1, 0.15) is 37.3 Å². The maximum absolute atomic E-state index is 11.8. The Labute approximate surface area is 113 Å². The predicted octanol–water partition coefficient (Wildman–Crippen LogP) is 1.18. The molecule has 0 atom stereocenters. The summed E-state index contributed by atoms with van der Waals surface area (Å²) in [6, 6.07) is 1.69. The number of nitrogens with one attached hydrogen (secondary N) is 1. The van der Waals surface area contributed by atoms with E-state index in [-0.39, 0.29) is 5.56 Å². The molecular formula is C14H22N4O. The van der Waals surface area contributed by atoms with Crippen LogP contribution in [0.25, 0.3) is 0 Å². The van der Waals surface area contributed by atoms with Gasteiger partial charge in [-0.1, -0.05) is 12.8 Å². The fourth-order valence-electron chi connectivity index (χ4n) is 3.06. The monoisotopic (exact) mass is 262 g/mol. The van der Waals surface area contributed by atoms with Crippen molar-refractivity contribution in [3.63, 3.8) is 0 Å². The lowest BCUT2D eigenvalue weighted by atomic mass is 10.0. The van der Waals surface area contributed by atoms with Crippen LogP contribution in [0.4, 0.5) is 5.95 Å². The molecule has 5 heteroatoms. The number of nitrogens with zero attached hydrogens (tertiary/aromatic N) is 3. The van der Waals surface area contributed by atoms with Crippen molar-refractivity contribution in [1.29, 1.82) is 0 Å². The molecule has 1 saturated heterocycles. The lowest BCUT2D eigenvalue weighted by Gasteiger charge is -2.32. The van der Waals surface area contributed by atoms with Crippen molar-refractivity contribution in [2.75, 3.05) is 38.1 Å². The van der Waals surface area contributed by atoms with Gasteiger partial charge in [-0.15, -0.1) is 0 Å². The van der Waals surface area contributed by atoms with E-state index in [9.17, 15) is 4.79 Å². The second kappa shape index (κ2) is 5.33. The Morgan fingerprint density at radius 2 is 1.89 bits per heavy atom. The predicted molar refractivity (Wildman–Crippen MR) is 75.8 cm³/mol. The summed E-state index contributed by atoms with van der Waals surface area (Å²) in [5, 5.41) is 0. The first-order valence-corrected chi connectivity index (χ1v) is 7.27. The third-order valence-corrected chi connectivity index (χ3v) is 4.33. The molecule has 0 bridgehead atoms. The molecule has 1 N–H and O–H groups in total. The molecular weight excluding hydrogens is 240 g/mol. The molecule has 0 amide bonds. The molecule has 0 radical (unpaired) electrons. The Bertz CT molecular complexity index is 484. The third-order valence-electron chi connectivity index (χ3n) is 4.33. The smallest absolute Gasteiger partial charge is 0.252 e. The lowest BCUT2D eigenvalue weighted by Crippen LogP contribution is -2.45. The molecule has 1 aliphatic heterocycles. The van der Waals surface area contributed by atoms with Crippen LogP contribution >= 0.6 is 0 Å². The molecule has 0 aromatic carbocycles. The molecule has 2 aliphatic rings. The molecule has 19 heavy (non-hydrogen) atoms. The Morgan fingerprint density at radius 1 is 1.21 bits per heavy atom. The average molecular weight is 262 g/mol. The van der Waals surface area contributed by atoms with Crippen LogP contribution in [0.2, 0.25) is 0 Å². The van der Waals surface area contributed by atoms with Gasteiger partial charge in [0.25, 0.3) is 5.56 Å². The molecule has 5 nitrogen and oxygen atoms in total. The summed E-state index contributed by atoms with van der Waals surface area (Å²) in [6.07, 6.45) is 4.89. The van der Waals surface area contributed by atoms with E-state index < -0.39 is 0 Å². The highest BCUT2D eigenvalue weighted by Gasteiger charge is 2.21. The first-order valence-electron chi connectivity index (χ1n) is 7.27. The highest BCUT2D eigenvalue weighted by molar-refractivity contribution is 5.32. The van der Waals surface area contributed by atoms with Gasteiger partial charge in [-0.05, 0) is 19.9 Å². The van der Waals surface area contributed by atoms with Gasteiger partial charge in [0, 0.05) is 38.2 Å². The number of aromatic nitrogens is 2. The summed E-state index contributed by atoms with van der Waals surface area (Å²) < 4.78 is 0. The normalized spacial score (nSPS) is 22.1. The minimum atomic E-state index is -0.00849. The molecule has 3 rings (SSSR count). The van der Waals surface area contributed by atoms with Gasteiger partial charge < -0.3 is 9.80 Å². The summed E-state index contributed by atoms with van der Waals surface area (Å²) in [5.74, 6) is 1.26. The van der Waals surface area contributed by atoms with Crippen LogP contribution in [-0.2, 0) is 0 Å².